The van der Waals surface area contributed by atoms with Crippen molar-refractivity contribution < 1.29 is 19.4 Å². The number of rotatable bonds is 3. The predicted molar refractivity (Wildman–Crippen MR) is 41.6 cm³/mol. The molecule has 0 aromatic rings. The molecule has 1 rings (SSSR count). The second-order valence-corrected chi connectivity index (χ2v) is 3.05. The third-order valence-corrected chi connectivity index (χ3v) is 2.53. The van der Waals surface area contributed by atoms with Gasteiger partial charge in [0.25, 0.3) is 0 Å². The Bertz CT molecular complexity index is 168. The van der Waals surface area contributed by atoms with E-state index in [1.54, 1.807) is 0 Å². The monoisotopic (exact) mass is 174 g/mol. The summed E-state index contributed by atoms with van der Waals surface area (Å²) >= 11 is 0. The quantitative estimate of drug-likeness (QED) is 0.616. The van der Waals surface area contributed by atoms with E-state index in [0.29, 0.717) is 0 Å². The molecule has 1 atom stereocenters. The lowest BCUT2D eigenvalue weighted by Gasteiger charge is -2.42. The topological polar surface area (TPSA) is 55.8 Å². The largest absolute Gasteiger partial charge is 0.467 e. The van der Waals surface area contributed by atoms with Crippen LogP contribution < -0.4 is 0 Å². The highest BCUT2D eigenvalue weighted by Crippen LogP contribution is 2.38. The molecule has 0 radical (unpaired) electrons. The van der Waals surface area contributed by atoms with E-state index in [2.05, 4.69) is 4.74 Å². The molecule has 1 N–H and O–H groups in total. The standard InChI is InChI=1S/C8H14O4/c1-11-7(10)6(9)8(12-2)4-3-5-8/h6,9H,3-5H2,1-2H3. The van der Waals surface area contributed by atoms with Crippen molar-refractivity contribution in [3.05, 3.63) is 0 Å². The van der Waals surface area contributed by atoms with Crippen LogP contribution in [0.25, 0.3) is 0 Å². The van der Waals surface area contributed by atoms with E-state index < -0.39 is 17.7 Å². The first kappa shape index (κ1) is 9.48. The predicted octanol–water partition coefficient (Wildman–Crippen LogP) is 0.0894. The highest BCUT2D eigenvalue weighted by Gasteiger charge is 2.47. The van der Waals surface area contributed by atoms with Gasteiger partial charge in [0.05, 0.1) is 7.11 Å². The van der Waals surface area contributed by atoms with Crippen molar-refractivity contribution in [2.24, 2.45) is 0 Å². The van der Waals surface area contributed by atoms with Gasteiger partial charge in [-0.15, -0.1) is 0 Å². The summed E-state index contributed by atoms with van der Waals surface area (Å²) in [6.45, 7) is 0. The SMILES string of the molecule is COC(=O)C(O)C1(OC)CCC1. The molecule has 70 valence electrons. The molecule has 1 aliphatic carbocycles. The number of aliphatic hydroxyl groups excluding tert-OH is 1. The van der Waals surface area contributed by atoms with Crippen LogP contribution in [-0.2, 0) is 14.3 Å². The molecular formula is C8H14O4. The lowest BCUT2D eigenvalue weighted by molar-refractivity contribution is -0.185. The smallest absolute Gasteiger partial charge is 0.337 e. The van der Waals surface area contributed by atoms with Crippen LogP contribution in [0, 0.1) is 0 Å². The molecule has 0 aromatic carbocycles. The van der Waals surface area contributed by atoms with E-state index in [-0.39, 0.29) is 0 Å². The molecule has 4 nitrogen and oxygen atoms in total. The Labute approximate surface area is 71.5 Å². The molecule has 0 aliphatic heterocycles. The fraction of sp³-hybridized carbons (Fsp3) is 0.875. The fourth-order valence-electron chi connectivity index (χ4n) is 1.44. The number of hydrogen-bond acceptors (Lipinski definition) is 4. The van der Waals surface area contributed by atoms with Crippen molar-refractivity contribution in [2.75, 3.05) is 14.2 Å². The van der Waals surface area contributed by atoms with Crippen molar-refractivity contribution in [3.8, 4) is 0 Å². The normalized spacial score (nSPS) is 22.6. The maximum absolute atomic E-state index is 11.0. The first-order chi connectivity index (χ1) is 5.66. The van der Waals surface area contributed by atoms with Gasteiger partial charge in [0.2, 0.25) is 0 Å². The molecule has 1 saturated carbocycles. The van der Waals surface area contributed by atoms with Gasteiger partial charge in [-0.3, -0.25) is 0 Å². The molecule has 12 heavy (non-hydrogen) atoms. The Kier molecular flexibility index (Phi) is 2.69. The molecule has 4 heteroatoms. The summed E-state index contributed by atoms with van der Waals surface area (Å²) in [6, 6.07) is 0. The van der Waals surface area contributed by atoms with Crippen LogP contribution in [0.1, 0.15) is 19.3 Å². The molecule has 0 amide bonds. The third kappa shape index (κ3) is 1.32. The van der Waals surface area contributed by atoms with Gasteiger partial charge >= 0.3 is 5.97 Å². The van der Waals surface area contributed by atoms with Gasteiger partial charge in [0, 0.05) is 7.11 Å². The number of esters is 1. The molecule has 1 unspecified atom stereocenters. The van der Waals surface area contributed by atoms with E-state index in [0.717, 1.165) is 19.3 Å². The molecule has 0 spiro atoms. The van der Waals surface area contributed by atoms with Gasteiger partial charge in [-0.25, -0.2) is 4.79 Å². The Morgan fingerprint density at radius 2 is 2.08 bits per heavy atom. The molecule has 1 aliphatic rings. The van der Waals surface area contributed by atoms with Crippen LogP contribution >= 0.6 is 0 Å². The van der Waals surface area contributed by atoms with E-state index >= 15 is 0 Å². The average Bonchev–Trinajstić information content (AvgIpc) is 2.02. The van der Waals surface area contributed by atoms with Gasteiger partial charge in [-0.1, -0.05) is 0 Å². The third-order valence-electron chi connectivity index (χ3n) is 2.53. The second-order valence-electron chi connectivity index (χ2n) is 3.05. The second kappa shape index (κ2) is 3.41. The van der Waals surface area contributed by atoms with Crippen molar-refractivity contribution >= 4 is 5.97 Å². The summed E-state index contributed by atoms with van der Waals surface area (Å²) in [4.78, 5) is 11.0. The van der Waals surface area contributed by atoms with Crippen LogP contribution in [0.3, 0.4) is 0 Å². The first-order valence-electron chi connectivity index (χ1n) is 3.97. The van der Waals surface area contributed by atoms with Gasteiger partial charge in [-0.2, -0.15) is 0 Å². The zero-order valence-corrected chi connectivity index (χ0v) is 7.37. The van der Waals surface area contributed by atoms with Crippen LogP contribution in [-0.4, -0.2) is 37.0 Å². The number of aliphatic hydroxyl groups is 1. The summed E-state index contributed by atoms with van der Waals surface area (Å²) in [7, 11) is 2.76. The Hall–Kier alpha value is -0.610. The molecule has 1 fully saturated rings. The summed E-state index contributed by atoms with van der Waals surface area (Å²) < 4.78 is 9.53. The number of ether oxygens (including phenoxy) is 2. The van der Waals surface area contributed by atoms with E-state index in [1.165, 1.54) is 14.2 Å². The van der Waals surface area contributed by atoms with Gasteiger partial charge < -0.3 is 14.6 Å². The summed E-state index contributed by atoms with van der Waals surface area (Å²) in [6.07, 6.45) is 1.29. The minimum atomic E-state index is -1.14. The molecular weight excluding hydrogens is 160 g/mol. The first-order valence-corrected chi connectivity index (χ1v) is 3.97. The Morgan fingerprint density at radius 3 is 2.33 bits per heavy atom. The Morgan fingerprint density at radius 1 is 1.50 bits per heavy atom. The minimum Gasteiger partial charge on any atom is -0.467 e. The fourth-order valence-corrected chi connectivity index (χ4v) is 1.44. The minimum absolute atomic E-state index is 0.614. The number of methoxy groups -OCH3 is 2. The zero-order chi connectivity index (χ0) is 9.19. The number of carbonyl (C=O) groups excluding carboxylic acids is 1. The Balaban J connectivity index is 2.59. The highest BCUT2D eigenvalue weighted by atomic mass is 16.6. The number of carbonyl (C=O) groups is 1. The van der Waals surface area contributed by atoms with Crippen molar-refractivity contribution in [3.63, 3.8) is 0 Å². The maximum Gasteiger partial charge on any atom is 0.337 e. The van der Waals surface area contributed by atoms with Gasteiger partial charge in [0.1, 0.15) is 5.60 Å². The van der Waals surface area contributed by atoms with Crippen molar-refractivity contribution in [1.29, 1.82) is 0 Å². The summed E-state index contributed by atoms with van der Waals surface area (Å²) in [5, 5.41) is 9.49. The number of hydrogen-bond donors (Lipinski definition) is 1. The molecule has 0 aromatic heterocycles. The van der Waals surface area contributed by atoms with Crippen molar-refractivity contribution in [1.82, 2.24) is 0 Å². The summed E-state index contributed by atoms with van der Waals surface area (Å²) in [5.41, 5.74) is -0.674. The average molecular weight is 174 g/mol. The lowest BCUT2D eigenvalue weighted by Crippen LogP contribution is -2.53. The van der Waals surface area contributed by atoms with E-state index in [9.17, 15) is 9.90 Å². The molecule has 0 heterocycles. The van der Waals surface area contributed by atoms with Crippen LogP contribution in [0.15, 0.2) is 0 Å². The van der Waals surface area contributed by atoms with E-state index in [4.69, 9.17) is 4.74 Å². The van der Waals surface area contributed by atoms with Crippen LogP contribution in [0.2, 0.25) is 0 Å². The molecule has 0 bridgehead atoms. The summed E-state index contributed by atoms with van der Waals surface area (Å²) in [5.74, 6) is -0.614. The maximum atomic E-state index is 11.0. The molecule has 0 saturated heterocycles. The highest BCUT2D eigenvalue weighted by molar-refractivity contribution is 5.76. The lowest BCUT2D eigenvalue weighted by atomic mass is 9.76. The van der Waals surface area contributed by atoms with Gasteiger partial charge in [0.15, 0.2) is 6.10 Å². The van der Waals surface area contributed by atoms with Crippen LogP contribution in [0.5, 0.6) is 0 Å². The van der Waals surface area contributed by atoms with Crippen LogP contribution in [0.4, 0.5) is 0 Å². The van der Waals surface area contributed by atoms with E-state index in [1.807, 2.05) is 0 Å². The van der Waals surface area contributed by atoms with Crippen molar-refractivity contribution in [2.45, 2.75) is 31.0 Å². The van der Waals surface area contributed by atoms with Gasteiger partial charge in [-0.05, 0) is 19.3 Å². The zero-order valence-electron chi connectivity index (χ0n) is 7.37.